The van der Waals surface area contributed by atoms with Gasteiger partial charge in [-0.3, -0.25) is 10.2 Å². The third-order valence-corrected chi connectivity index (χ3v) is 2.88. The van der Waals surface area contributed by atoms with Gasteiger partial charge in [-0.25, -0.2) is 10.2 Å². The zero-order valence-electron chi connectivity index (χ0n) is 10.6. The number of nitrogens with one attached hydrogen (secondary N) is 1. The molecule has 3 N–H and O–H groups in total. The van der Waals surface area contributed by atoms with Gasteiger partial charge in [0.15, 0.2) is 17.3 Å². The zero-order valence-corrected chi connectivity index (χ0v) is 11.3. The highest BCUT2D eigenvalue weighted by molar-refractivity contribution is 6.32. The van der Waals surface area contributed by atoms with E-state index in [0.717, 1.165) is 0 Å². The molecular weight excluding hydrogens is 287 g/mol. The number of para-hydroxylation sites is 1. The van der Waals surface area contributed by atoms with Crippen molar-refractivity contribution in [3.63, 3.8) is 0 Å². The number of aryl methyl sites for hydroxylation is 1. The number of hydrogen-bond donors (Lipinski definition) is 2. The lowest BCUT2D eigenvalue weighted by Gasteiger charge is -2.07. The minimum absolute atomic E-state index is 0.0562. The first-order chi connectivity index (χ1) is 9.52. The topological polar surface area (TPSA) is 77.5 Å². The van der Waals surface area contributed by atoms with Gasteiger partial charge < -0.3 is 9.15 Å². The summed E-state index contributed by atoms with van der Waals surface area (Å²) in [6, 6.07) is 5.84. The van der Waals surface area contributed by atoms with Crippen LogP contribution in [0.4, 0.5) is 4.39 Å². The van der Waals surface area contributed by atoms with Crippen molar-refractivity contribution >= 4 is 17.5 Å². The van der Waals surface area contributed by atoms with Gasteiger partial charge in [-0.05, 0) is 25.1 Å². The molecule has 20 heavy (non-hydrogen) atoms. The smallest absolute Gasteiger partial charge is 0.301 e. The average molecular weight is 299 g/mol. The minimum Gasteiger partial charge on any atom is -0.481 e. The predicted molar refractivity (Wildman–Crippen MR) is 70.8 cm³/mol. The summed E-state index contributed by atoms with van der Waals surface area (Å²) in [5, 5.41) is 0.160. The number of hydrogen-bond acceptors (Lipinski definition) is 4. The number of furan rings is 1. The van der Waals surface area contributed by atoms with Crippen LogP contribution in [0.3, 0.4) is 0 Å². The van der Waals surface area contributed by atoms with Gasteiger partial charge in [0.05, 0.1) is 5.02 Å². The summed E-state index contributed by atoms with van der Waals surface area (Å²) < 4.78 is 24.1. The lowest BCUT2D eigenvalue weighted by Crippen LogP contribution is -2.30. The molecule has 0 atom stereocenters. The van der Waals surface area contributed by atoms with E-state index in [1.807, 2.05) is 5.43 Å². The van der Waals surface area contributed by atoms with E-state index in [0.29, 0.717) is 11.3 Å². The fourth-order valence-corrected chi connectivity index (χ4v) is 1.89. The number of amides is 1. The summed E-state index contributed by atoms with van der Waals surface area (Å²) >= 11 is 5.83. The molecule has 1 amide bonds. The SMILES string of the molecule is Cc1cc(COc2c(F)cccc2Cl)oc1C(=O)NN. The summed E-state index contributed by atoms with van der Waals surface area (Å²) in [6.07, 6.45) is 0. The van der Waals surface area contributed by atoms with Crippen LogP contribution < -0.4 is 16.0 Å². The van der Waals surface area contributed by atoms with Crippen molar-refractivity contribution in [3.05, 3.63) is 52.2 Å². The number of rotatable bonds is 4. The second kappa shape index (κ2) is 5.94. The molecule has 1 heterocycles. The Morgan fingerprint density at radius 2 is 2.30 bits per heavy atom. The molecule has 0 spiro atoms. The number of benzene rings is 1. The molecule has 0 saturated heterocycles. The molecule has 0 fully saturated rings. The Labute approximate surface area is 119 Å². The lowest BCUT2D eigenvalue weighted by molar-refractivity contribution is 0.0921. The van der Waals surface area contributed by atoms with E-state index in [9.17, 15) is 9.18 Å². The van der Waals surface area contributed by atoms with Crippen molar-refractivity contribution in [1.29, 1.82) is 0 Å². The van der Waals surface area contributed by atoms with Gasteiger partial charge in [0.2, 0.25) is 0 Å². The highest BCUT2D eigenvalue weighted by atomic mass is 35.5. The maximum absolute atomic E-state index is 13.5. The van der Waals surface area contributed by atoms with Crippen LogP contribution in [0.2, 0.25) is 5.02 Å². The van der Waals surface area contributed by atoms with Crippen LogP contribution in [-0.4, -0.2) is 5.91 Å². The molecule has 7 heteroatoms. The van der Waals surface area contributed by atoms with E-state index in [4.69, 9.17) is 26.6 Å². The normalized spacial score (nSPS) is 10.4. The highest BCUT2D eigenvalue weighted by Gasteiger charge is 2.16. The molecule has 2 rings (SSSR count). The van der Waals surface area contributed by atoms with E-state index in [2.05, 4.69) is 0 Å². The Hall–Kier alpha value is -2.05. The number of halogens is 2. The Morgan fingerprint density at radius 3 is 2.95 bits per heavy atom. The summed E-state index contributed by atoms with van der Waals surface area (Å²) in [6.45, 7) is 1.63. The van der Waals surface area contributed by atoms with Gasteiger partial charge in [-0.2, -0.15) is 0 Å². The molecular formula is C13H12ClFN2O3. The molecule has 1 aromatic heterocycles. The minimum atomic E-state index is -0.569. The van der Waals surface area contributed by atoms with Gasteiger partial charge in [-0.1, -0.05) is 17.7 Å². The van der Waals surface area contributed by atoms with Crippen LogP contribution in [0.5, 0.6) is 5.75 Å². The zero-order chi connectivity index (χ0) is 14.7. The second-order valence-electron chi connectivity index (χ2n) is 4.04. The monoisotopic (exact) mass is 298 g/mol. The first kappa shape index (κ1) is 14.4. The van der Waals surface area contributed by atoms with Crippen LogP contribution in [0.1, 0.15) is 21.9 Å². The van der Waals surface area contributed by atoms with Crippen molar-refractivity contribution in [2.45, 2.75) is 13.5 Å². The van der Waals surface area contributed by atoms with Crippen molar-refractivity contribution in [2.75, 3.05) is 0 Å². The first-order valence-corrected chi connectivity index (χ1v) is 6.07. The molecule has 1 aromatic carbocycles. The van der Waals surface area contributed by atoms with Crippen LogP contribution in [0, 0.1) is 12.7 Å². The maximum Gasteiger partial charge on any atom is 0.301 e. The van der Waals surface area contributed by atoms with Gasteiger partial charge in [0.25, 0.3) is 0 Å². The molecule has 0 aliphatic carbocycles. The molecule has 0 aliphatic heterocycles. The van der Waals surface area contributed by atoms with Crippen molar-refractivity contribution in [2.24, 2.45) is 5.84 Å². The molecule has 0 aliphatic rings. The Kier molecular flexibility index (Phi) is 4.26. The Morgan fingerprint density at radius 1 is 1.55 bits per heavy atom. The third-order valence-electron chi connectivity index (χ3n) is 2.58. The van der Waals surface area contributed by atoms with E-state index in [-0.39, 0.29) is 23.1 Å². The summed E-state index contributed by atoms with van der Waals surface area (Å²) in [7, 11) is 0. The van der Waals surface area contributed by atoms with E-state index < -0.39 is 11.7 Å². The van der Waals surface area contributed by atoms with E-state index >= 15 is 0 Å². The van der Waals surface area contributed by atoms with Crippen LogP contribution in [-0.2, 0) is 6.61 Å². The van der Waals surface area contributed by atoms with E-state index in [1.165, 1.54) is 18.2 Å². The number of carbonyl (C=O) groups is 1. The second-order valence-corrected chi connectivity index (χ2v) is 4.44. The third kappa shape index (κ3) is 2.92. The van der Waals surface area contributed by atoms with Crippen molar-refractivity contribution < 1.29 is 18.3 Å². The summed E-state index contributed by atoms with van der Waals surface area (Å²) in [5.41, 5.74) is 2.58. The van der Waals surface area contributed by atoms with Crippen LogP contribution in [0.25, 0.3) is 0 Å². The quantitative estimate of drug-likeness (QED) is 0.516. The van der Waals surface area contributed by atoms with Gasteiger partial charge in [-0.15, -0.1) is 0 Å². The van der Waals surface area contributed by atoms with Gasteiger partial charge in [0, 0.05) is 5.56 Å². The summed E-state index contributed by atoms with van der Waals surface area (Å²) in [4.78, 5) is 11.4. The number of nitrogen functional groups attached to an aromatic ring is 1. The van der Waals surface area contributed by atoms with Gasteiger partial charge >= 0.3 is 5.91 Å². The fourth-order valence-electron chi connectivity index (χ4n) is 1.67. The highest BCUT2D eigenvalue weighted by Crippen LogP contribution is 2.28. The molecule has 0 saturated carbocycles. The molecule has 0 radical (unpaired) electrons. The average Bonchev–Trinajstić information content (AvgIpc) is 2.78. The molecule has 106 valence electrons. The molecule has 0 bridgehead atoms. The van der Waals surface area contributed by atoms with Crippen molar-refractivity contribution in [3.8, 4) is 5.75 Å². The standard InChI is InChI=1S/C13H12ClFN2O3/c1-7-5-8(20-11(7)13(18)17-16)6-19-12-9(14)3-2-4-10(12)15/h2-5H,6,16H2,1H3,(H,17,18). The Bertz CT molecular complexity index is 622. The molecule has 5 nitrogen and oxygen atoms in total. The largest absolute Gasteiger partial charge is 0.481 e. The van der Waals surface area contributed by atoms with E-state index in [1.54, 1.807) is 13.0 Å². The number of ether oxygens (including phenoxy) is 1. The summed E-state index contributed by atoms with van der Waals surface area (Å²) in [5.74, 6) is 4.30. The van der Waals surface area contributed by atoms with Crippen molar-refractivity contribution in [1.82, 2.24) is 5.43 Å². The fraction of sp³-hybridized carbons (Fsp3) is 0.154. The van der Waals surface area contributed by atoms with Gasteiger partial charge in [0.1, 0.15) is 12.4 Å². The number of carbonyl (C=O) groups excluding carboxylic acids is 1. The Balaban J connectivity index is 2.14. The number of hydrazine groups is 1. The molecule has 2 aromatic rings. The van der Waals surface area contributed by atoms with Crippen LogP contribution >= 0.6 is 11.6 Å². The lowest BCUT2D eigenvalue weighted by atomic mass is 10.2. The maximum atomic E-state index is 13.5. The predicted octanol–water partition coefficient (Wildman–Crippen LogP) is 2.56. The van der Waals surface area contributed by atoms with Crippen LogP contribution in [0.15, 0.2) is 28.7 Å². The number of nitrogens with two attached hydrogens (primary N) is 1. The first-order valence-electron chi connectivity index (χ1n) is 5.70. The molecule has 0 unspecified atom stereocenters.